The van der Waals surface area contributed by atoms with Gasteiger partial charge in [-0.2, -0.15) is 0 Å². The molecule has 0 bridgehead atoms. The van der Waals surface area contributed by atoms with Gasteiger partial charge in [-0.05, 0) is 46.7 Å². The van der Waals surface area contributed by atoms with Crippen LogP contribution in [0.15, 0.2) is 89.8 Å². The summed E-state index contributed by atoms with van der Waals surface area (Å²) in [6.07, 6.45) is 1.85. The third kappa shape index (κ3) is 3.19. The van der Waals surface area contributed by atoms with Crippen LogP contribution in [0, 0.1) is 5.41 Å². The maximum Gasteiger partial charge on any atom is 0.271 e. The molecule has 1 amide bonds. The summed E-state index contributed by atoms with van der Waals surface area (Å²) in [5, 5.41) is 8.37. The summed E-state index contributed by atoms with van der Waals surface area (Å²) in [6, 6.07) is 27.6. The predicted molar refractivity (Wildman–Crippen MR) is 109 cm³/mol. The molecular weight excluding hydrogens is 340 g/mol. The Morgan fingerprint density at radius 1 is 0.769 bits per heavy atom. The van der Waals surface area contributed by atoms with Crippen LogP contribution in [0.5, 0.6) is 0 Å². The number of nitrogens with zero attached hydrogens (tertiary/aromatic N) is 1. The van der Waals surface area contributed by atoms with E-state index in [0.717, 1.165) is 22.4 Å². The Labute approximate surface area is 156 Å². The fourth-order valence-electron chi connectivity index (χ4n) is 2.85. The number of carbonyl (C=O) groups excluding carboxylic acids is 1. The van der Waals surface area contributed by atoms with Gasteiger partial charge in [0, 0.05) is 0 Å². The lowest BCUT2D eigenvalue weighted by Crippen LogP contribution is -2.27. The number of para-hydroxylation sites is 1. The van der Waals surface area contributed by atoms with Crippen molar-refractivity contribution in [1.82, 2.24) is 0 Å². The van der Waals surface area contributed by atoms with Crippen LogP contribution < -0.4 is 4.90 Å². The molecule has 3 nitrogen and oxygen atoms in total. The van der Waals surface area contributed by atoms with Crippen molar-refractivity contribution < 1.29 is 4.79 Å². The first-order valence-electron chi connectivity index (χ1n) is 8.25. The molecule has 0 radical (unpaired) electrons. The third-order valence-electron chi connectivity index (χ3n) is 4.15. The van der Waals surface area contributed by atoms with E-state index in [4.69, 9.17) is 5.41 Å². The minimum Gasteiger partial charge on any atom is -0.278 e. The van der Waals surface area contributed by atoms with Crippen LogP contribution in [-0.2, 0) is 4.79 Å². The second kappa shape index (κ2) is 7.02. The normalized spacial score (nSPS) is 15.7. The molecule has 0 spiro atoms. The number of hydrogen-bond donors (Lipinski definition) is 1. The van der Waals surface area contributed by atoms with E-state index in [1.807, 2.05) is 78.9 Å². The van der Waals surface area contributed by atoms with E-state index < -0.39 is 0 Å². The smallest absolute Gasteiger partial charge is 0.271 e. The lowest BCUT2D eigenvalue weighted by molar-refractivity contribution is -0.113. The standard InChI is InChI=1S/C22H16N2OS/c23-22-24(19-9-5-2-6-10-19)21(25)20(26-22)15-16-11-13-18(14-12-16)17-7-3-1-4-8-17/h1-15,23H/b20-15-,23-22?. The van der Waals surface area contributed by atoms with Crippen molar-refractivity contribution in [3.05, 3.63) is 95.4 Å². The molecule has 1 fully saturated rings. The van der Waals surface area contributed by atoms with Gasteiger partial charge in [-0.3, -0.25) is 15.1 Å². The lowest BCUT2D eigenvalue weighted by atomic mass is 10.0. The lowest BCUT2D eigenvalue weighted by Gasteiger charge is -2.13. The fourth-order valence-corrected chi connectivity index (χ4v) is 3.71. The molecule has 0 aromatic heterocycles. The minimum absolute atomic E-state index is 0.154. The van der Waals surface area contributed by atoms with E-state index in [2.05, 4.69) is 12.1 Å². The van der Waals surface area contributed by atoms with Gasteiger partial charge in [-0.25, -0.2) is 0 Å². The molecule has 26 heavy (non-hydrogen) atoms. The van der Waals surface area contributed by atoms with Gasteiger partial charge in [0.05, 0.1) is 10.6 Å². The van der Waals surface area contributed by atoms with Gasteiger partial charge in [0.25, 0.3) is 5.91 Å². The van der Waals surface area contributed by atoms with Crippen LogP contribution in [-0.4, -0.2) is 11.1 Å². The van der Waals surface area contributed by atoms with Gasteiger partial charge in [-0.1, -0.05) is 72.8 Å². The first-order valence-corrected chi connectivity index (χ1v) is 9.07. The van der Waals surface area contributed by atoms with E-state index >= 15 is 0 Å². The Balaban J connectivity index is 1.59. The largest absolute Gasteiger partial charge is 0.278 e. The number of carbonyl (C=O) groups is 1. The van der Waals surface area contributed by atoms with Crippen LogP contribution in [0.4, 0.5) is 5.69 Å². The topological polar surface area (TPSA) is 44.2 Å². The zero-order valence-electron chi connectivity index (χ0n) is 13.9. The molecule has 1 aliphatic heterocycles. The SMILES string of the molecule is N=C1S/C(=C\c2ccc(-c3ccccc3)cc2)C(=O)N1c1ccccc1. The summed E-state index contributed by atoms with van der Waals surface area (Å²) >= 11 is 1.19. The quantitative estimate of drug-likeness (QED) is 0.638. The van der Waals surface area contributed by atoms with Crippen LogP contribution in [0.25, 0.3) is 17.2 Å². The van der Waals surface area contributed by atoms with Crippen LogP contribution in [0.2, 0.25) is 0 Å². The van der Waals surface area contributed by atoms with Crippen molar-refractivity contribution in [2.75, 3.05) is 4.90 Å². The Morgan fingerprint density at radius 2 is 1.35 bits per heavy atom. The summed E-state index contributed by atoms with van der Waals surface area (Å²) in [4.78, 5) is 14.7. The van der Waals surface area contributed by atoms with Crippen LogP contribution in [0.1, 0.15) is 5.56 Å². The molecule has 3 aromatic rings. The number of thioether (sulfide) groups is 1. The molecular formula is C22H16N2OS. The van der Waals surface area contributed by atoms with E-state index in [1.165, 1.54) is 16.7 Å². The van der Waals surface area contributed by atoms with Crippen LogP contribution in [0.3, 0.4) is 0 Å². The molecule has 4 rings (SSSR count). The average Bonchev–Trinajstić information content (AvgIpc) is 2.97. The molecule has 3 aromatic carbocycles. The third-order valence-corrected chi connectivity index (χ3v) is 5.04. The van der Waals surface area contributed by atoms with Crippen molar-refractivity contribution in [3.63, 3.8) is 0 Å². The highest BCUT2D eigenvalue weighted by Gasteiger charge is 2.33. The van der Waals surface area contributed by atoms with Crippen molar-refractivity contribution in [3.8, 4) is 11.1 Å². The number of anilines is 1. The van der Waals surface area contributed by atoms with Gasteiger partial charge in [-0.15, -0.1) is 0 Å². The van der Waals surface area contributed by atoms with Crippen LogP contribution >= 0.6 is 11.8 Å². The number of nitrogens with one attached hydrogen (secondary N) is 1. The Kier molecular flexibility index (Phi) is 4.42. The molecule has 1 saturated heterocycles. The summed E-state index contributed by atoms with van der Waals surface area (Å²) in [6.45, 7) is 0. The molecule has 0 aliphatic carbocycles. The monoisotopic (exact) mass is 356 g/mol. The molecule has 1 N–H and O–H groups in total. The average molecular weight is 356 g/mol. The summed E-state index contributed by atoms with van der Waals surface area (Å²) in [7, 11) is 0. The van der Waals surface area contributed by atoms with E-state index in [9.17, 15) is 4.79 Å². The Hall–Kier alpha value is -3.11. The van der Waals surface area contributed by atoms with E-state index in [0.29, 0.717) is 4.91 Å². The van der Waals surface area contributed by atoms with Gasteiger partial charge in [0.1, 0.15) is 0 Å². The fraction of sp³-hybridized carbons (Fsp3) is 0. The molecule has 0 unspecified atom stereocenters. The molecule has 0 saturated carbocycles. The zero-order chi connectivity index (χ0) is 17.9. The van der Waals surface area contributed by atoms with Gasteiger partial charge in [0.15, 0.2) is 5.17 Å². The summed E-state index contributed by atoms with van der Waals surface area (Å²) < 4.78 is 0. The molecule has 1 aliphatic rings. The highest BCUT2D eigenvalue weighted by atomic mass is 32.2. The van der Waals surface area contributed by atoms with Gasteiger partial charge < -0.3 is 0 Å². The molecule has 1 heterocycles. The van der Waals surface area contributed by atoms with Crippen molar-refractivity contribution in [2.45, 2.75) is 0 Å². The molecule has 126 valence electrons. The van der Waals surface area contributed by atoms with Gasteiger partial charge in [0.2, 0.25) is 0 Å². The maximum atomic E-state index is 12.7. The highest BCUT2D eigenvalue weighted by Crippen LogP contribution is 2.35. The Morgan fingerprint density at radius 3 is 2.00 bits per heavy atom. The number of hydrogen-bond acceptors (Lipinski definition) is 3. The summed E-state index contributed by atoms with van der Waals surface area (Å²) in [5.41, 5.74) is 3.97. The first kappa shape index (κ1) is 16.4. The first-order chi connectivity index (χ1) is 12.7. The summed E-state index contributed by atoms with van der Waals surface area (Å²) in [5.74, 6) is -0.154. The molecule has 0 atom stereocenters. The van der Waals surface area contributed by atoms with E-state index in [-0.39, 0.29) is 11.1 Å². The number of amides is 1. The number of amidine groups is 1. The predicted octanol–water partition coefficient (Wildman–Crippen LogP) is 5.41. The van der Waals surface area contributed by atoms with Crippen molar-refractivity contribution in [1.29, 1.82) is 5.41 Å². The maximum absolute atomic E-state index is 12.7. The second-order valence-electron chi connectivity index (χ2n) is 5.88. The zero-order valence-corrected chi connectivity index (χ0v) is 14.7. The minimum atomic E-state index is -0.154. The van der Waals surface area contributed by atoms with Crippen molar-refractivity contribution in [2.24, 2.45) is 0 Å². The number of rotatable bonds is 3. The van der Waals surface area contributed by atoms with Crippen molar-refractivity contribution >= 4 is 34.6 Å². The van der Waals surface area contributed by atoms with Gasteiger partial charge >= 0.3 is 0 Å². The van der Waals surface area contributed by atoms with E-state index in [1.54, 1.807) is 0 Å². The molecule has 4 heteroatoms. The second-order valence-corrected chi connectivity index (χ2v) is 6.91. The number of benzene rings is 3. The Bertz CT molecular complexity index is 980. The highest BCUT2D eigenvalue weighted by molar-refractivity contribution is 8.19.